The average molecular weight is 374 g/mol. The fourth-order valence-electron chi connectivity index (χ4n) is 0. The van der Waals surface area contributed by atoms with Gasteiger partial charge < -0.3 is 5.11 Å². The monoisotopic (exact) mass is 368 g/mol. The summed E-state index contributed by atoms with van der Waals surface area (Å²) in [6.07, 6.45) is 0. The molecule has 7 heteroatoms. The number of hydrogen-bond donors (Lipinski definition) is 1. The van der Waals surface area contributed by atoms with Gasteiger partial charge >= 0.3 is 0 Å². The minimum atomic E-state index is -0.833. The minimum Gasteiger partial charge on any atom is -0.481 e. The number of carboxylic acid groups (broad SMARTS) is 1. The van der Waals surface area contributed by atoms with Crippen LogP contribution in [0.1, 0.15) is 6.92 Å². The first-order valence-corrected chi connectivity index (χ1v) is 0.928. The van der Waals surface area contributed by atoms with E-state index in [1.807, 2.05) is 0 Å². The smallest absolute Gasteiger partial charge is 0.300 e. The number of rotatable bonds is 0. The molecular formula is C2H6BrClO2Zn3. The van der Waals surface area contributed by atoms with E-state index < -0.39 is 5.97 Å². The molecule has 0 saturated carbocycles. The molecule has 0 aliphatic heterocycles. The first kappa shape index (κ1) is 43.5. The van der Waals surface area contributed by atoms with E-state index in [0.717, 1.165) is 6.92 Å². The van der Waals surface area contributed by atoms with Gasteiger partial charge in [0.25, 0.3) is 5.97 Å². The third-order valence-electron chi connectivity index (χ3n) is 0. The van der Waals surface area contributed by atoms with E-state index in [1.54, 1.807) is 0 Å². The second kappa shape index (κ2) is 32.1. The van der Waals surface area contributed by atoms with E-state index in [9.17, 15) is 0 Å². The van der Waals surface area contributed by atoms with Crippen molar-refractivity contribution in [3.05, 3.63) is 0 Å². The largest absolute Gasteiger partial charge is 0.481 e. The predicted molar refractivity (Wildman–Crippen MR) is 30.9 cm³/mol. The first-order valence-electron chi connectivity index (χ1n) is 0.928. The molecule has 0 amide bonds. The van der Waals surface area contributed by atoms with Crippen molar-refractivity contribution in [3.63, 3.8) is 0 Å². The van der Waals surface area contributed by atoms with E-state index in [0.29, 0.717) is 0 Å². The summed E-state index contributed by atoms with van der Waals surface area (Å²) < 4.78 is 0. The van der Waals surface area contributed by atoms with Crippen LogP contribution >= 0.6 is 29.4 Å². The van der Waals surface area contributed by atoms with Crippen molar-refractivity contribution >= 4 is 35.4 Å². The van der Waals surface area contributed by atoms with E-state index in [2.05, 4.69) is 0 Å². The second-order valence-electron chi connectivity index (χ2n) is 0.519. The molecule has 1 N–H and O–H groups in total. The summed E-state index contributed by atoms with van der Waals surface area (Å²) in [6, 6.07) is 0. The van der Waals surface area contributed by atoms with Crippen molar-refractivity contribution in [1.29, 1.82) is 0 Å². The molecule has 0 radical (unpaired) electrons. The third kappa shape index (κ3) is 149. The zero-order valence-electron chi connectivity index (χ0n) is 5.29. The standard InChI is InChI=1S/C2H4O2.BrH.ClH.3Zn/c1-2(3)4;;;;;/h1H3,(H,3,4);2*1H;;;. The van der Waals surface area contributed by atoms with Crippen LogP contribution in [0.2, 0.25) is 0 Å². The maximum atomic E-state index is 9.00. The SMILES string of the molecule is Br.CC(=O)O.Cl.[Zn].[Zn].[Zn]. The Morgan fingerprint density at radius 3 is 1.22 bits per heavy atom. The predicted octanol–water partition coefficient (Wildman–Crippen LogP) is 1.08. The Labute approximate surface area is 109 Å². The summed E-state index contributed by atoms with van der Waals surface area (Å²) in [4.78, 5) is 9.00. The molecule has 0 bridgehead atoms. The summed E-state index contributed by atoms with van der Waals surface area (Å²) in [7, 11) is 0. The molecule has 0 saturated heterocycles. The summed E-state index contributed by atoms with van der Waals surface area (Å²) in [5.74, 6) is -0.833. The fraction of sp³-hybridized carbons (Fsp3) is 0.500. The van der Waals surface area contributed by atoms with Crippen LogP contribution in [0.3, 0.4) is 0 Å². The Balaban J connectivity index is -0.00000000450. The number of halogens is 2. The molecule has 9 heavy (non-hydrogen) atoms. The molecule has 0 unspecified atom stereocenters. The first-order chi connectivity index (χ1) is 1.73. The van der Waals surface area contributed by atoms with Gasteiger partial charge in [-0.2, -0.15) is 0 Å². The van der Waals surface area contributed by atoms with E-state index in [-0.39, 0.29) is 87.8 Å². The molecular weight excluding hydrogens is 368 g/mol. The molecule has 0 rings (SSSR count). The van der Waals surface area contributed by atoms with Gasteiger partial charge in [0.1, 0.15) is 0 Å². The molecule has 2 nitrogen and oxygen atoms in total. The van der Waals surface area contributed by atoms with Gasteiger partial charge in [-0.05, 0) is 0 Å². The average Bonchev–Trinajstić information content (AvgIpc) is 0.811. The molecule has 0 aromatic carbocycles. The van der Waals surface area contributed by atoms with Crippen LogP contribution in [0.5, 0.6) is 0 Å². The van der Waals surface area contributed by atoms with Crippen molar-refractivity contribution in [2.75, 3.05) is 0 Å². The molecule has 0 aromatic heterocycles. The Bertz CT molecular complexity index is 42.8. The minimum absolute atomic E-state index is 0. The van der Waals surface area contributed by atoms with Crippen LogP contribution in [-0.2, 0) is 63.2 Å². The summed E-state index contributed by atoms with van der Waals surface area (Å²) in [6.45, 7) is 1.08. The van der Waals surface area contributed by atoms with Gasteiger partial charge in [0.05, 0.1) is 0 Å². The molecule has 0 spiro atoms. The molecule has 46 valence electrons. The molecule has 0 atom stereocenters. The van der Waals surface area contributed by atoms with Crippen molar-refractivity contribution in [2.45, 2.75) is 6.92 Å². The van der Waals surface area contributed by atoms with Gasteiger partial charge in [-0.1, -0.05) is 0 Å². The van der Waals surface area contributed by atoms with Crippen molar-refractivity contribution < 1.29 is 68.3 Å². The molecule has 0 fully saturated rings. The Hall–Kier alpha value is 2.11. The number of hydrogen-bond acceptors (Lipinski definition) is 1. The number of carboxylic acids is 1. The van der Waals surface area contributed by atoms with Crippen LogP contribution < -0.4 is 0 Å². The maximum Gasteiger partial charge on any atom is 0.300 e. The maximum absolute atomic E-state index is 9.00. The molecule has 0 aromatic rings. The van der Waals surface area contributed by atoms with Gasteiger partial charge in [-0.25, -0.2) is 0 Å². The quantitative estimate of drug-likeness (QED) is 0.645. The van der Waals surface area contributed by atoms with Gasteiger partial charge in [0.2, 0.25) is 0 Å². The third-order valence-corrected chi connectivity index (χ3v) is 0. The Morgan fingerprint density at radius 2 is 1.22 bits per heavy atom. The van der Waals surface area contributed by atoms with Crippen LogP contribution in [0.15, 0.2) is 0 Å². The molecule has 0 aliphatic carbocycles. The topological polar surface area (TPSA) is 37.3 Å². The Morgan fingerprint density at radius 1 is 1.22 bits per heavy atom. The Kier molecular flexibility index (Phi) is 155. The zero-order valence-corrected chi connectivity index (χ0v) is 16.7. The zero-order chi connectivity index (χ0) is 3.58. The summed E-state index contributed by atoms with van der Waals surface area (Å²) >= 11 is 0. The van der Waals surface area contributed by atoms with Crippen molar-refractivity contribution in [3.8, 4) is 0 Å². The van der Waals surface area contributed by atoms with Crippen molar-refractivity contribution in [2.24, 2.45) is 0 Å². The summed E-state index contributed by atoms with van der Waals surface area (Å²) in [5, 5.41) is 7.42. The van der Waals surface area contributed by atoms with Gasteiger partial charge in [0.15, 0.2) is 0 Å². The van der Waals surface area contributed by atoms with Gasteiger partial charge in [-0.15, -0.1) is 29.4 Å². The van der Waals surface area contributed by atoms with Crippen LogP contribution in [0.25, 0.3) is 0 Å². The van der Waals surface area contributed by atoms with Crippen LogP contribution in [-0.4, -0.2) is 11.1 Å². The van der Waals surface area contributed by atoms with E-state index in [4.69, 9.17) is 9.90 Å². The van der Waals surface area contributed by atoms with Crippen LogP contribution in [0.4, 0.5) is 0 Å². The summed E-state index contributed by atoms with van der Waals surface area (Å²) in [5.41, 5.74) is 0. The molecule has 0 heterocycles. The fourth-order valence-corrected chi connectivity index (χ4v) is 0. The van der Waals surface area contributed by atoms with E-state index in [1.165, 1.54) is 0 Å². The number of carbonyl (C=O) groups is 1. The number of aliphatic carboxylic acids is 1. The van der Waals surface area contributed by atoms with Crippen molar-refractivity contribution in [1.82, 2.24) is 0 Å². The van der Waals surface area contributed by atoms with Crippen LogP contribution in [0, 0.1) is 0 Å². The van der Waals surface area contributed by atoms with E-state index >= 15 is 0 Å². The van der Waals surface area contributed by atoms with Gasteiger partial charge in [0, 0.05) is 65.4 Å². The van der Waals surface area contributed by atoms with Gasteiger partial charge in [-0.3, -0.25) is 4.79 Å². The molecule has 0 aliphatic rings. The second-order valence-corrected chi connectivity index (χ2v) is 0.519. The normalized spacial score (nSPS) is 2.78.